The molecule has 0 aliphatic heterocycles. The molecule has 1 aromatic heterocycles. The Hall–Kier alpha value is -1.06. The van der Waals surface area contributed by atoms with Crippen molar-refractivity contribution in [3.05, 3.63) is 28.5 Å². The number of fused-ring (bicyclic) bond motifs is 1. The van der Waals surface area contributed by atoms with Crippen molar-refractivity contribution in [2.24, 2.45) is 0 Å². The third kappa shape index (κ3) is 2.13. The van der Waals surface area contributed by atoms with Gasteiger partial charge >= 0.3 is 0 Å². The molecule has 0 amide bonds. The predicted octanol–water partition coefficient (Wildman–Crippen LogP) is 3.34. The van der Waals surface area contributed by atoms with Crippen LogP contribution in [0.4, 0.5) is 0 Å². The highest BCUT2D eigenvalue weighted by atomic mass is 35.5. The van der Waals surface area contributed by atoms with Gasteiger partial charge in [0.05, 0.1) is 17.6 Å². The monoisotopic (exact) mass is 242 g/mol. The molecule has 78 valence electrons. The second kappa shape index (κ2) is 4.21. The molecule has 0 aliphatic rings. The summed E-state index contributed by atoms with van der Waals surface area (Å²) in [5, 5.41) is 0.422. The molecule has 0 unspecified atom stereocenters. The van der Waals surface area contributed by atoms with Crippen molar-refractivity contribution in [1.29, 1.82) is 0 Å². The Bertz CT molecular complexity index is 502. The van der Waals surface area contributed by atoms with Crippen LogP contribution in [0.5, 0.6) is 5.75 Å². The van der Waals surface area contributed by atoms with Crippen LogP contribution in [0.1, 0.15) is 6.92 Å². The lowest BCUT2D eigenvalue weighted by molar-refractivity contribution is 0.340. The van der Waals surface area contributed by atoms with Gasteiger partial charge in [-0.3, -0.25) is 0 Å². The molecule has 2 rings (SSSR count). The van der Waals surface area contributed by atoms with Crippen LogP contribution in [0.15, 0.2) is 18.2 Å². The summed E-state index contributed by atoms with van der Waals surface area (Å²) in [5.74, 6) is 0.748. The van der Waals surface area contributed by atoms with Gasteiger partial charge in [-0.1, -0.05) is 23.2 Å². The highest BCUT2D eigenvalue weighted by Crippen LogP contribution is 2.23. The summed E-state index contributed by atoms with van der Waals surface area (Å²) in [6.07, 6.45) is 0. The van der Waals surface area contributed by atoms with Gasteiger partial charge in [-0.15, -0.1) is 0 Å². The lowest BCUT2D eigenvalue weighted by Crippen LogP contribution is -1.92. The van der Waals surface area contributed by atoms with E-state index in [4.69, 9.17) is 27.9 Å². The van der Waals surface area contributed by atoms with E-state index in [9.17, 15) is 0 Å². The van der Waals surface area contributed by atoms with Crippen LogP contribution in [0.25, 0.3) is 11.0 Å². The first-order valence-corrected chi connectivity index (χ1v) is 5.22. The van der Waals surface area contributed by atoms with Gasteiger partial charge in [0, 0.05) is 6.07 Å². The van der Waals surface area contributed by atoms with Crippen LogP contribution in [0, 0.1) is 0 Å². The fourth-order valence-electron chi connectivity index (χ4n) is 1.25. The number of hydrogen-bond acceptors (Lipinski definition) is 3. The van der Waals surface area contributed by atoms with E-state index in [0.29, 0.717) is 17.6 Å². The van der Waals surface area contributed by atoms with E-state index >= 15 is 0 Å². The Morgan fingerprint density at radius 1 is 1.13 bits per heavy atom. The van der Waals surface area contributed by atoms with E-state index in [1.54, 1.807) is 12.1 Å². The van der Waals surface area contributed by atoms with E-state index in [1.807, 2.05) is 13.0 Å². The molecule has 1 aromatic carbocycles. The molecular weight excluding hydrogens is 235 g/mol. The second-order valence-corrected chi connectivity index (χ2v) is 3.60. The van der Waals surface area contributed by atoms with E-state index in [0.717, 1.165) is 5.75 Å². The molecule has 2 aromatic rings. The highest BCUT2D eigenvalue weighted by molar-refractivity contribution is 6.40. The van der Waals surface area contributed by atoms with Crippen LogP contribution in [-0.4, -0.2) is 16.6 Å². The smallest absolute Gasteiger partial charge is 0.167 e. The van der Waals surface area contributed by atoms with Crippen molar-refractivity contribution in [1.82, 2.24) is 9.97 Å². The third-order valence-corrected chi connectivity index (χ3v) is 2.49. The summed E-state index contributed by atoms with van der Waals surface area (Å²) in [6, 6.07) is 5.41. The second-order valence-electron chi connectivity index (χ2n) is 2.89. The molecule has 0 aliphatic carbocycles. The molecule has 0 saturated heterocycles. The zero-order valence-corrected chi connectivity index (χ0v) is 9.51. The topological polar surface area (TPSA) is 35.0 Å². The fraction of sp³-hybridized carbons (Fsp3) is 0.200. The number of rotatable bonds is 2. The number of halogens is 2. The molecule has 0 saturated carbocycles. The molecule has 0 spiro atoms. The lowest BCUT2D eigenvalue weighted by Gasteiger charge is -2.04. The molecular formula is C10H8Cl2N2O. The Labute approximate surface area is 97.0 Å². The zero-order valence-electron chi connectivity index (χ0n) is 8.00. The minimum atomic E-state index is 0.206. The van der Waals surface area contributed by atoms with Crippen molar-refractivity contribution in [3.8, 4) is 5.75 Å². The third-order valence-electron chi connectivity index (χ3n) is 1.87. The lowest BCUT2D eigenvalue weighted by atomic mass is 10.3. The highest BCUT2D eigenvalue weighted by Gasteiger charge is 2.05. The maximum absolute atomic E-state index is 5.77. The molecule has 15 heavy (non-hydrogen) atoms. The van der Waals surface area contributed by atoms with E-state index in [2.05, 4.69) is 9.97 Å². The summed E-state index contributed by atoms with van der Waals surface area (Å²) in [6.45, 7) is 2.53. The van der Waals surface area contributed by atoms with Gasteiger partial charge in [0.2, 0.25) is 0 Å². The van der Waals surface area contributed by atoms with Crippen molar-refractivity contribution >= 4 is 34.2 Å². The first-order valence-electron chi connectivity index (χ1n) is 4.46. The first kappa shape index (κ1) is 10.5. The van der Waals surface area contributed by atoms with Crippen LogP contribution in [-0.2, 0) is 0 Å². The largest absolute Gasteiger partial charge is 0.494 e. The minimum Gasteiger partial charge on any atom is -0.494 e. The average molecular weight is 243 g/mol. The Balaban J connectivity index is 2.56. The Morgan fingerprint density at radius 3 is 2.47 bits per heavy atom. The van der Waals surface area contributed by atoms with Crippen LogP contribution in [0.3, 0.4) is 0 Å². The number of nitrogens with zero attached hydrogens (tertiary/aromatic N) is 2. The summed E-state index contributed by atoms with van der Waals surface area (Å²) in [4.78, 5) is 8.20. The summed E-state index contributed by atoms with van der Waals surface area (Å²) in [5.41, 5.74) is 1.38. The Kier molecular flexibility index (Phi) is 2.93. The predicted molar refractivity (Wildman–Crippen MR) is 60.7 cm³/mol. The maximum Gasteiger partial charge on any atom is 0.167 e. The molecule has 5 heteroatoms. The molecule has 0 fully saturated rings. The standard InChI is InChI=1S/C10H8Cl2N2O/c1-2-15-6-3-4-7-8(5-6)14-10(12)9(11)13-7/h3-5H,2H2,1H3. The fourth-order valence-corrected chi connectivity index (χ4v) is 1.51. The molecule has 0 radical (unpaired) electrons. The zero-order chi connectivity index (χ0) is 10.8. The molecule has 3 nitrogen and oxygen atoms in total. The molecule has 1 heterocycles. The van der Waals surface area contributed by atoms with Gasteiger partial charge < -0.3 is 4.74 Å². The van der Waals surface area contributed by atoms with Gasteiger partial charge in [0.15, 0.2) is 10.3 Å². The average Bonchev–Trinajstić information content (AvgIpc) is 2.21. The molecule has 0 atom stereocenters. The van der Waals surface area contributed by atoms with Crippen molar-refractivity contribution in [2.45, 2.75) is 6.92 Å². The summed E-state index contributed by atoms with van der Waals surface area (Å²) >= 11 is 11.5. The number of aromatic nitrogens is 2. The van der Waals surface area contributed by atoms with Gasteiger partial charge in [0.25, 0.3) is 0 Å². The van der Waals surface area contributed by atoms with Crippen molar-refractivity contribution in [3.63, 3.8) is 0 Å². The SMILES string of the molecule is CCOc1ccc2nc(Cl)c(Cl)nc2c1. The summed E-state index contributed by atoms with van der Waals surface area (Å²) < 4.78 is 5.34. The number of benzene rings is 1. The van der Waals surface area contributed by atoms with Gasteiger partial charge in [-0.2, -0.15) is 0 Å². The van der Waals surface area contributed by atoms with Crippen molar-refractivity contribution < 1.29 is 4.74 Å². The van der Waals surface area contributed by atoms with Crippen LogP contribution < -0.4 is 4.74 Å². The minimum absolute atomic E-state index is 0.206. The Morgan fingerprint density at radius 2 is 1.80 bits per heavy atom. The summed E-state index contributed by atoms with van der Waals surface area (Å²) in [7, 11) is 0. The van der Waals surface area contributed by atoms with E-state index < -0.39 is 0 Å². The van der Waals surface area contributed by atoms with E-state index in [-0.39, 0.29) is 10.3 Å². The first-order chi connectivity index (χ1) is 7.20. The van der Waals surface area contributed by atoms with Crippen LogP contribution >= 0.6 is 23.2 Å². The van der Waals surface area contributed by atoms with Gasteiger partial charge in [-0.05, 0) is 19.1 Å². The number of hydrogen-bond donors (Lipinski definition) is 0. The quantitative estimate of drug-likeness (QED) is 0.811. The molecule has 0 bridgehead atoms. The van der Waals surface area contributed by atoms with Crippen LogP contribution in [0.2, 0.25) is 10.3 Å². The molecule has 0 N–H and O–H groups in total. The normalized spacial score (nSPS) is 10.6. The van der Waals surface area contributed by atoms with Crippen molar-refractivity contribution in [2.75, 3.05) is 6.61 Å². The number of ether oxygens (including phenoxy) is 1. The van der Waals surface area contributed by atoms with Gasteiger partial charge in [-0.25, -0.2) is 9.97 Å². The van der Waals surface area contributed by atoms with Gasteiger partial charge in [0.1, 0.15) is 5.75 Å². The van der Waals surface area contributed by atoms with E-state index in [1.165, 1.54) is 0 Å². The maximum atomic E-state index is 5.77.